The summed E-state index contributed by atoms with van der Waals surface area (Å²) in [6.45, 7) is 3.34. The highest BCUT2D eigenvalue weighted by molar-refractivity contribution is 7.09. The summed E-state index contributed by atoms with van der Waals surface area (Å²) in [5.74, 6) is -1.20. The molecular formula is C16H18N2O3S. The van der Waals surface area contributed by atoms with E-state index in [9.17, 15) is 9.59 Å². The molecule has 5 nitrogen and oxygen atoms in total. The fraction of sp³-hybridized carbons (Fsp3) is 0.312. The zero-order chi connectivity index (χ0) is 15.9. The van der Waals surface area contributed by atoms with Gasteiger partial charge in [0.15, 0.2) is 0 Å². The molecule has 2 rings (SSSR count). The van der Waals surface area contributed by atoms with Crippen molar-refractivity contribution in [2.45, 2.75) is 19.8 Å². The maximum atomic E-state index is 12.5. The molecule has 2 aromatic heterocycles. The summed E-state index contributed by atoms with van der Waals surface area (Å²) in [4.78, 5) is 30.2. The van der Waals surface area contributed by atoms with Crippen LogP contribution in [0.1, 0.15) is 39.1 Å². The molecule has 0 unspecified atom stereocenters. The summed E-state index contributed by atoms with van der Waals surface area (Å²) in [6, 6.07) is 6.94. The van der Waals surface area contributed by atoms with Gasteiger partial charge in [-0.3, -0.25) is 4.79 Å². The molecule has 0 aliphatic carbocycles. The number of thiophene rings is 1. The number of hydrogen-bond acceptors (Lipinski definition) is 4. The Hall–Kier alpha value is -2.21. The first kappa shape index (κ1) is 16.2. The third-order valence-corrected chi connectivity index (χ3v) is 4.15. The van der Waals surface area contributed by atoms with Gasteiger partial charge in [-0.05, 0) is 36.4 Å². The molecule has 2 aromatic rings. The van der Waals surface area contributed by atoms with Crippen LogP contribution in [-0.4, -0.2) is 40.0 Å². The van der Waals surface area contributed by atoms with Crippen molar-refractivity contribution in [2.24, 2.45) is 0 Å². The van der Waals surface area contributed by atoms with Gasteiger partial charge in [0.25, 0.3) is 5.91 Å². The molecule has 0 spiro atoms. The first-order chi connectivity index (χ1) is 10.6. The van der Waals surface area contributed by atoms with Crippen molar-refractivity contribution in [1.82, 2.24) is 9.88 Å². The first-order valence-electron chi connectivity index (χ1n) is 7.12. The molecule has 0 aliphatic heterocycles. The number of carboxylic acid groups (broad SMARTS) is 1. The van der Waals surface area contributed by atoms with Crippen LogP contribution in [0, 0.1) is 0 Å². The minimum atomic E-state index is -1.10. The number of aromatic carboxylic acids is 1. The zero-order valence-corrected chi connectivity index (χ0v) is 13.2. The van der Waals surface area contributed by atoms with Crippen LogP contribution in [0.2, 0.25) is 0 Å². The molecule has 0 bridgehead atoms. The third-order valence-electron chi connectivity index (χ3n) is 3.22. The number of hydrogen-bond donors (Lipinski definition) is 1. The molecule has 2 heterocycles. The lowest BCUT2D eigenvalue weighted by molar-refractivity contribution is 0.0687. The van der Waals surface area contributed by atoms with Crippen LogP contribution in [0.5, 0.6) is 0 Å². The van der Waals surface area contributed by atoms with Gasteiger partial charge in [0.2, 0.25) is 0 Å². The summed E-state index contributed by atoms with van der Waals surface area (Å²) < 4.78 is 0. The fourth-order valence-corrected chi connectivity index (χ4v) is 2.81. The molecule has 1 amide bonds. The van der Waals surface area contributed by atoms with E-state index in [1.165, 1.54) is 23.2 Å². The van der Waals surface area contributed by atoms with Gasteiger partial charge in [0, 0.05) is 24.2 Å². The monoisotopic (exact) mass is 318 g/mol. The maximum Gasteiger partial charge on any atom is 0.354 e. The Morgan fingerprint density at radius 1 is 1.27 bits per heavy atom. The van der Waals surface area contributed by atoms with Crippen molar-refractivity contribution in [1.29, 1.82) is 0 Å². The molecule has 6 heteroatoms. The lowest BCUT2D eigenvalue weighted by atomic mass is 10.2. The highest BCUT2D eigenvalue weighted by atomic mass is 32.1. The van der Waals surface area contributed by atoms with Gasteiger partial charge in [-0.2, -0.15) is 0 Å². The van der Waals surface area contributed by atoms with E-state index in [0.717, 1.165) is 12.8 Å². The van der Waals surface area contributed by atoms with Crippen LogP contribution < -0.4 is 0 Å². The first-order valence-corrected chi connectivity index (χ1v) is 8.00. The second kappa shape index (κ2) is 7.70. The number of aromatic nitrogens is 1. The van der Waals surface area contributed by atoms with Crippen molar-refractivity contribution in [3.8, 4) is 0 Å². The maximum absolute atomic E-state index is 12.5. The van der Waals surface area contributed by atoms with E-state index in [2.05, 4.69) is 11.1 Å². The summed E-state index contributed by atoms with van der Waals surface area (Å²) in [5.41, 5.74) is 0.363. The summed E-state index contributed by atoms with van der Waals surface area (Å²) in [5, 5.41) is 10.9. The molecule has 0 saturated carbocycles. The van der Waals surface area contributed by atoms with E-state index in [1.54, 1.807) is 16.2 Å². The molecule has 116 valence electrons. The largest absolute Gasteiger partial charge is 0.477 e. The lowest BCUT2D eigenvalue weighted by Gasteiger charge is -2.21. The number of carboxylic acids is 1. The summed E-state index contributed by atoms with van der Waals surface area (Å²) in [6.07, 6.45) is 3.03. The Labute approximate surface area is 133 Å². The quantitative estimate of drug-likeness (QED) is 0.852. The van der Waals surface area contributed by atoms with E-state index >= 15 is 0 Å². The highest BCUT2D eigenvalue weighted by Crippen LogP contribution is 2.12. The van der Waals surface area contributed by atoms with Gasteiger partial charge < -0.3 is 10.0 Å². The average Bonchev–Trinajstić information content (AvgIpc) is 3.04. The standard InChI is InChI=1S/C16H18N2O3S/c1-2-8-18(9-7-13-4-3-10-22-13)15(19)12-5-6-14(16(20)21)17-11-12/h3-6,10-11H,2,7-9H2,1H3,(H,20,21). The second-order valence-electron chi connectivity index (χ2n) is 4.86. The van der Waals surface area contributed by atoms with Gasteiger partial charge in [0.05, 0.1) is 5.56 Å². The van der Waals surface area contributed by atoms with Gasteiger partial charge in [-0.25, -0.2) is 9.78 Å². The van der Waals surface area contributed by atoms with E-state index in [-0.39, 0.29) is 11.6 Å². The van der Waals surface area contributed by atoms with Gasteiger partial charge in [-0.1, -0.05) is 13.0 Å². The van der Waals surface area contributed by atoms with Crippen LogP contribution in [0.15, 0.2) is 35.8 Å². The SMILES string of the molecule is CCCN(CCc1cccs1)C(=O)c1ccc(C(=O)O)nc1. The fourth-order valence-electron chi connectivity index (χ4n) is 2.11. The molecule has 0 saturated heterocycles. The van der Waals surface area contributed by atoms with Gasteiger partial charge >= 0.3 is 5.97 Å². The van der Waals surface area contributed by atoms with E-state index in [0.29, 0.717) is 18.7 Å². The molecular weight excluding hydrogens is 300 g/mol. The molecule has 0 fully saturated rings. The Balaban J connectivity index is 2.06. The molecule has 0 aliphatic rings. The molecule has 0 atom stereocenters. The number of rotatable bonds is 7. The Morgan fingerprint density at radius 3 is 2.64 bits per heavy atom. The van der Waals surface area contributed by atoms with Crippen LogP contribution >= 0.6 is 11.3 Å². The minimum Gasteiger partial charge on any atom is -0.477 e. The third kappa shape index (κ3) is 4.14. The smallest absolute Gasteiger partial charge is 0.354 e. The molecule has 0 aromatic carbocycles. The van der Waals surface area contributed by atoms with E-state index in [4.69, 9.17) is 5.11 Å². The van der Waals surface area contributed by atoms with Crippen LogP contribution in [0.25, 0.3) is 0 Å². The van der Waals surface area contributed by atoms with Crippen LogP contribution in [0.3, 0.4) is 0 Å². The van der Waals surface area contributed by atoms with Crippen molar-refractivity contribution in [2.75, 3.05) is 13.1 Å². The van der Waals surface area contributed by atoms with Crippen molar-refractivity contribution in [3.05, 3.63) is 52.0 Å². The minimum absolute atomic E-state index is 0.0582. The number of pyridine rings is 1. The number of carbonyl (C=O) groups is 2. The second-order valence-corrected chi connectivity index (χ2v) is 5.89. The molecule has 1 N–H and O–H groups in total. The van der Waals surface area contributed by atoms with Crippen molar-refractivity contribution >= 4 is 23.2 Å². The van der Waals surface area contributed by atoms with Gasteiger partial charge in [-0.15, -0.1) is 11.3 Å². The number of carbonyl (C=O) groups excluding carboxylic acids is 1. The van der Waals surface area contributed by atoms with E-state index in [1.807, 2.05) is 18.4 Å². The van der Waals surface area contributed by atoms with Crippen LogP contribution in [0.4, 0.5) is 0 Å². The Morgan fingerprint density at radius 2 is 2.09 bits per heavy atom. The predicted octanol–water partition coefficient (Wildman–Crippen LogP) is 2.94. The van der Waals surface area contributed by atoms with Crippen molar-refractivity contribution < 1.29 is 14.7 Å². The zero-order valence-electron chi connectivity index (χ0n) is 12.4. The Kier molecular flexibility index (Phi) is 5.66. The topological polar surface area (TPSA) is 70.5 Å². The predicted molar refractivity (Wildman–Crippen MR) is 85.4 cm³/mol. The summed E-state index contributed by atoms with van der Waals surface area (Å²) >= 11 is 1.68. The normalized spacial score (nSPS) is 10.4. The lowest BCUT2D eigenvalue weighted by Crippen LogP contribution is -2.33. The van der Waals surface area contributed by atoms with Crippen LogP contribution in [-0.2, 0) is 6.42 Å². The van der Waals surface area contributed by atoms with Crippen molar-refractivity contribution in [3.63, 3.8) is 0 Å². The molecule has 0 radical (unpaired) electrons. The Bertz CT molecular complexity index is 623. The number of nitrogens with zero attached hydrogens (tertiary/aromatic N) is 2. The average molecular weight is 318 g/mol. The van der Waals surface area contributed by atoms with E-state index < -0.39 is 5.97 Å². The van der Waals surface area contributed by atoms with Gasteiger partial charge in [0.1, 0.15) is 5.69 Å². The molecule has 22 heavy (non-hydrogen) atoms. The summed E-state index contributed by atoms with van der Waals surface area (Å²) in [7, 11) is 0. The number of amides is 1. The highest BCUT2D eigenvalue weighted by Gasteiger charge is 2.16.